The molecule has 3 saturated heterocycles. The predicted octanol–water partition coefficient (Wildman–Crippen LogP) is 3.38. The van der Waals surface area contributed by atoms with Gasteiger partial charge in [0, 0.05) is 71.5 Å². The molecule has 0 amide bonds. The summed E-state index contributed by atoms with van der Waals surface area (Å²) in [5, 5.41) is 68.4. The molecule has 20 atom stereocenters. The van der Waals surface area contributed by atoms with Crippen LogP contribution in [0.15, 0.2) is 35.4 Å². The molecule has 0 bridgehead atoms. The van der Waals surface area contributed by atoms with E-state index in [4.69, 9.17) is 37.9 Å². The normalized spacial score (nSPS) is 38.8. The highest BCUT2D eigenvalue weighted by molar-refractivity contribution is 7.91. The zero-order valence-electron chi connectivity index (χ0n) is 47.3. The van der Waals surface area contributed by atoms with Gasteiger partial charge in [0.05, 0.1) is 52.1 Å². The summed E-state index contributed by atoms with van der Waals surface area (Å²) < 4.78 is 90.1. The Labute approximate surface area is 449 Å². The zero-order chi connectivity index (χ0) is 56.8. The Morgan fingerprint density at radius 3 is 2.21 bits per heavy atom. The number of aliphatic hydroxyl groups excluding tert-OH is 3. The summed E-state index contributed by atoms with van der Waals surface area (Å²) in [6, 6.07) is 3.91. The van der Waals surface area contributed by atoms with Gasteiger partial charge in [-0.25, -0.2) is 17.5 Å². The van der Waals surface area contributed by atoms with Crippen LogP contribution in [0.5, 0.6) is 0 Å². The van der Waals surface area contributed by atoms with E-state index in [0.717, 1.165) is 0 Å². The molecule has 5 N–H and O–H groups in total. The Morgan fingerprint density at radius 1 is 0.961 bits per heavy atom. The van der Waals surface area contributed by atoms with E-state index in [1.807, 2.05) is 37.7 Å². The van der Waals surface area contributed by atoms with Crippen molar-refractivity contribution in [2.75, 3.05) is 61.1 Å². The van der Waals surface area contributed by atoms with Crippen LogP contribution < -0.4 is 0 Å². The number of ether oxygens (including phenoxy) is 8. The first-order valence-electron chi connectivity index (χ1n) is 26.6. The van der Waals surface area contributed by atoms with Gasteiger partial charge in [0.15, 0.2) is 18.5 Å². The summed E-state index contributed by atoms with van der Waals surface area (Å²) in [5.74, 6) is -3.44. The van der Waals surface area contributed by atoms with Crippen LogP contribution in [0.25, 0.3) is 0 Å². The molecule has 0 aliphatic carbocycles. The number of benzene rings is 1. The van der Waals surface area contributed by atoms with E-state index in [1.54, 1.807) is 66.8 Å². The maximum atomic E-state index is 14.8. The molecule has 23 heteroatoms. The number of likely N-dealkylation sites (N-methyl/N-ethyl adjacent to an activating group) is 2. The van der Waals surface area contributed by atoms with Gasteiger partial charge in [-0.15, -0.1) is 5.10 Å². The second-order valence-electron chi connectivity index (χ2n) is 22.6. The molecule has 0 unspecified atom stereocenters. The lowest BCUT2D eigenvalue weighted by molar-refractivity contribution is -0.318. The average Bonchev–Trinajstić information content (AvgIpc) is 3.84. The van der Waals surface area contributed by atoms with Crippen molar-refractivity contribution in [2.45, 2.75) is 209 Å². The summed E-state index contributed by atoms with van der Waals surface area (Å²) in [5.41, 5.74) is -3.58. The summed E-state index contributed by atoms with van der Waals surface area (Å²) in [7, 11) is 4.20. The van der Waals surface area contributed by atoms with Crippen molar-refractivity contribution in [3.8, 4) is 0 Å². The second kappa shape index (κ2) is 26.6. The van der Waals surface area contributed by atoms with Crippen LogP contribution in [0.3, 0.4) is 0 Å². The first-order valence-corrected chi connectivity index (χ1v) is 28.2. The van der Waals surface area contributed by atoms with E-state index in [-0.39, 0.29) is 30.1 Å². The van der Waals surface area contributed by atoms with Gasteiger partial charge in [0.1, 0.15) is 48.8 Å². The third-order valence-corrected chi connectivity index (χ3v) is 17.9. The summed E-state index contributed by atoms with van der Waals surface area (Å²) in [4.78, 5) is 18.4. The fourth-order valence-corrected chi connectivity index (χ4v) is 12.6. The van der Waals surface area contributed by atoms with Crippen molar-refractivity contribution >= 4 is 15.8 Å². The minimum absolute atomic E-state index is 0.0559. The fourth-order valence-electron chi connectivity index (χ4n) is 11.6. The Morgan fingerprint density at radius 2 is 1.62 bits per heavy atom. The number of rotatable bonds is 18. The van der Waals surface area contributed by atoms with Gasteiger partial charge in [-0.1, -0.05) is 38.1 Å². The SMILES string of the molecule is CC[C@H]1OC(=O)[C@H](C)[C@@H](O[C@H]2C[C@@](C)(OC)[C@@H](O)[C@H](C)O2)[C@H](C)[C@@H](O[C@@H]2O[C@H](C)C[C@H](N(C)CCc3cn([C@@H](CF)[C@H](OC)c4ccc(S(=O)(=O)COC)cc4)nn3)[C@H]2O)[C@](C)(O)C[C@@H](C)CN(C)[C@H](C)[C@@H](O)[C@]1(C)O. The van der Waals surface area contributed by atoms with Gasteiger partial charge in [-0.2, -0.15) is 0 Å². The Hall–Kier alpha value is -2.85. The van der Waals surface area contributed by atoms with Crippen molar-refractivity contribution in [2.24, 2.45) is 17.8 Å². The topological polar surface area (TPSA) is 263 Å². The Balaban J connectivity index is 1.43. The number of aromatic nitrogens is 3. The van der Waals surface area contributed by atoms with Crippen LogP contribution in [0, 0.1) is 17.8 Å². The molecule has 3 aliphatic rings. The van der Waals surface area contributed by atoms with Crippen molar-refractivity contribution in [3.05, 3.63) is 41.7 Å². The zero-order valence-corrected chi connectivity index (χ0v) is 48.1. The number of alkyl halides is 1. The third-order valence-electron chi connectivity index (χ3n) is 16.3. The van der Waals surface area contributed by atoms with Gasteiger partial charge in [-0.3, -0.25) is 4.79 Å². The largest absolute Gasteiger partial charge is 0.459 e. The Bertz CT molecular complexity index is 2250. The molecular weight excluding hydrogens is 1010 g/mol. The van der Waals surface area contributed by atoms with E-state index in [2.05, 4.69) is 10.3 Å². The predicted molar refractivity (Wildman–Crippen MR) is 277 cm³/mol. The highest BCUT2D eigenvalue weighted by Crippen LogP contribution is 2.41. The van der Waals surface area contributed by atoms with Gasteiger partial charge in [-0.05, 0) is 105 Å². The van der Waals surface area contributed by atoms with E-state index in [1.165, 1.54) is 45.1 Å². The molecule has 0 spiro atoms. The molecule has 76 heavy (non-hydrogen) atoms. The van der Waals surface area contributed by atoms with Gasteiger partial charge >= 0.3 is 5.97 Å². The molecule has 2 aromatic rings. The van der Waals surface area contributed by atoms with Crippen LogP contribution in [-0.4, -0.2) is 216 Å². The number of cyclic esters (lactones) is 1. The number of hydrogen-bond donors (Lipinski definition) is 5. The lowest BCUT2D eigenvalue weighted by Gasteiger charge is -2.49. The van der Waals surface area contributed by atoms with E-state index < -0.39 is 143 Å². The molecular formula is C53H90FN5O16S. The number of hydrogen-bond acceptors (Lipinski definition) is 20. The van der Waals surface area contributed by atoms with Crippen molar-refractivity contribution in [1.82, 2.24) is 24.8 Å². The van der Waals surface area contributed by atoms with Crippen molar-refractivity contribution in [3.63, 3.8) is 0 Å². The highest BCUT2D eigenvalue weighted by Gasteiger charge is 2.53. The number of aliphatic hydroxyl groups is 5. The molecule has 21 nitrogen and oxygen atoms in total. The van der Waals surface area contributed by atoms with E-state index >= 15 is 0 Å². The van der Waals surface area contributed by atoms with Gasteiger partial charge < -0.3 is 73.2 Å². The van der Waals surface area contributed by atoms with Crippen LogP contribution in [-0.2, 0) is 58.9 Å². The van der Waals surface area contributed by atoms with Crippen LogP contribution in [0.4, 0.5) is 4.39 Å². The number of halogens is 1. The molecule has 0 radical (unpaired) electrons. The van der Waals surface area contributed by atoms with Crippen LogP contribution >= 0.6 is 0 Å². The second-order valence-corrected chi connectivity index (χ2v) is 24.5. The number of nitrogens with zero attached hydrogens (tertiary/aromatic N) is 5. The molecule has 4 heterocycles. The maximum absolute atomic E-state index is 14.8. The minimum atomic E-state index is -3.67. The number of sulfone groups is 1. The smallest absolute Gasteiger partial charge is 0.311 e. The number of carbonyl (C=O) groups excluding carboxylic acids is 1. The molecule has 0 saturated carbocycles. The summed E-state index contributed by atoms with van der Waals surface area (Å²) in [6.07, 6.45) is -8.63. The Kier molecular flexibility index (Phi) is 22.4. The highest BCUT2D eigenvalue weighted by atomic mass is 32.2. The molecule has 1 aromatic heterocycles. The van der Waals surface area contributed by atoms with E-state index in [0.29, 0.717) is 37.2 Å². The first-order chi connectivity index (χ1) is 35.5. The van der Waals surface area contributed by atoms with Crippen LogP contribution in [0.2, 0.25) is 0 Å². The minimum Gasteiger partial charge on any atom is -0.459 e. The molecule has 1 aromatic carbocycles. The lowest BCUT2D eigenvalue weighted by atomic mass is 9.77. The number of methoxy groups -OCH3 is 3. The van der Waals surface area contributed by atoms with E-state index in [9.17, 15) is 43.1 Å². The lowest BCUT2D eigenvalue weighted by Crippen LogP contribution is -2.61. The molecule has 436 valence electrons. The number of esters is 1. The summed E-state index contributed by atoms with van der Waals surface area (Å²) in [6.45, 7) is 17.2. The summed E-state index contributed by atoms with van der Waals surface area (Å²) >= 11 is 0. The number of carbonyl (C=O) groups is 1. The van der Waals surface area contributed by atoms with Crippen molar-refractivity contribution in [1.29, 1.82) is 0 Å². The van der Waals surface area contributed by atoms with Gasteiger partial charge in [0.25, 0.3) is 0 Å². The first kappa shape index (κ1) is 64.0. The van der Waals surface area contributed by atoms with Gasteiger partial charge in [0.2, 0.25) is 9.84 Å². The quantitative estimate of drug-likeness (QED) is 0.134. The van der Waals surface area contributed by atoms with Crippen LogP contribution in [0.1, 0.15) is 118 Å². The standard InChI is InChI=1S/C53H90FN5O16S/c1-16-41-53(10,65)46(61)34(6)58(12)27-30(2)24-51(8,64)48(32(4)44(33(5)49(63)73-41)74-42-25-52(9,70-15)47(62)35(7)72-42)75-50-43(60)39(23-31(3)71-50)57(11)22-21-37-28-59(56-55-37)40(26-54)45(69-14)36-17-19-38(20-18-36)76(66,67)29-68-13/h17-20,28,30-35,39-48,50,60-62,64-65H,16,21-27,29H2,1-15H3/t30-,31-,32+,33-,34-,35+,39+,40+,41-,42+,43-,44+,45-,46-,47+,48-,50+,51-,52-,53-/m1/s1. The molecule has 3 aliphatic heterocycles. The molecule has 3 fully saturated rings. The average molecular weight is 1100 g/mol. The molecule has 5 rings (SSSR count). The third kappa shape index (κ3) is 14.7. The monoisotopic (exact) mass is 1100 g/mol. The maximum Gasteiger partial charge on any atom is 0.311 e. The van der Waals surface area contributed by atoms with Crippen molar-refractivity contribution < 1.29 is 81.0 Å². The fraction of sp³-hybridized carbons (Fsp3) is 0.830.